The van der Waals surface area contributed by atoms with Crippen LogP contribution in [-0.2, 0) is 11.3 Å². The molecule has 1 aromatic rings. The van der Waals surface area contributed by atoms with Crippen LogP contribution < -0.4 is 10.1 Å². The van der Waals surface area contributed by atoms with Crippen molar-refractivity contribution in [1.82, 2.24) is 10.2 Å². The number of carbonyl (C=O) groups is 1. The molecule has 1 saturated heterocycles. The van der Waals surface area contributed by atoms with Crippen LogP contribution in [0.1, 0.15) is 31.7 Å². The predicted molar refractivity (Wildman–Crippen MR) is 79.7 cm³/mol. The number of likely N-dealkylation sites (tertiary alicyclic amines) is 1. The topological polar surface area (TPSA) is 41.6 Å². The van der Waals surface area contributed by atoms with Crippen LogP contribution in [0.15, 0.2) is 24.3 Å². The van der Waals surface area contributed by atoms with Crippen molar-refractivity contribution in [3.63, 3.8) is 0 Å². The Labute approximate surface area is 121 Å². The van der Waals surface area contributed by atoms with E-state index in [0.29, 0.717) is 13.1 Å². The first kappa shape index (κ1) is 14.9. The van der Waals surface area contributed by atoms with Crippen LogP contribution in [0.5, 0.6) is 5.75 Å². The molecule has 1 N–H and O–H groups in total. The van der Waals surface area contributed by atoms with E-state index in [0.717, 1.165) is 44.7 Å². The molecule has 110 valence electrons. The van der Waals surface area contributed by atoms with Gasteiger partial charge in [0.25, 0.3) is 0 Å². The second kappa shape index (κ2) is 7.90. The van der Waals surface area contributed by atoms with Crippen LogP contribution in [0, 0.1) is 0 Å². The fraction of sp³-hybridized carbons (Fsp3) is 0.562. The Balaban J connectivity index is 1.69. The number of ether oxygens (including phenoxy) is 1. The summed E-state index contributed by atoms with van der Waals surface area (Å²) in [4.78, 5) is 13.8. The Hall–Kier alpha value is -1.55. The lowest BCUT2D eigenvalue weighted by atomic mass is 10.2. The van der Waals surface area contributed by atoms with Crippen molar-refractivity contribution in [2.75, 3.05) is 26.2 Å². The molecule has 1 amide bonds. The minimum atomic E-state index is 0.213. The maximum atomic E-state index is 11.9. The molecule has 4 nitrogen and oxygen atoms in total. The third kappa shape index (κ3) is 4.53. The summed E-state index contributed by atoms with van der Waals surface area (Å²) in [5.74, 6) is 1.12. The fourth-order valence-corrected chi connectivity index (χ4v) is 2.32. The van der Waals surface area contributed by atoms with Gasteiger partial charge in [-0.05, 0) is 37.0 Å². The van der Waals surface area contributed by atoms with Crippen LogP contribution in [-0.4, -0.2) is 37.0 Å². The minimum Gasteiger partial charge on any atom is -0.494 e. The van der Waals surface area contributed by atoms with Crippen molar-refractivity contribution < 1.29 is 9.53 Å². The number of nitrogens with one attached hydrogen (secondary N) is 1. The van der Waals surface area contributed by atoms with Gasteiger partial charge in [-0.1, -0.05) is 19.1 Å². The summed E-state index contributed by atoms with van der Waals surface area (Å²) in [6.07, 6.45) is 3.30. The molecule has 0 atom stereocenters. The van der Waals surface area contributed by atoms with Gasteiger partial charge in [-0.15, -0.1) is 0 Å². The molecule has 4 heteroatoms. The van der Waals surface area contributed by atoms with E-state index in [2.05, 4.69) is 12.2 Å². The Kier molecular flexibility index (Phi) is 5.87. The Morgan fingerprint density at radius 2 is 1.95 bits per heavy atom. The summed E-state index contributed by atoms with van der Waals surface area (Å²) in [6.45, 7) is 5.83. The third-order valence-electron chi connectivity index (χ3n) is 3.46. The molecule has 0 saturated carbocycles. The van der Waals surface area contributed by atoms with Gasteiger partial charge in [0.1, 0.15) is 5.75 Å². The van der Waals surface area contributed by atoms with Crippen LogP contribution >= 0.6 is 0 Å². The van der Waals surface area contributed by atoms with Gasteiger partial charge in [-0.3, -0.25) is 4.79 Å². The number of rotatable bonds is 7. The van der Waals surface area contributed by atoms with Crippen LogP contribution in [0.2, 0.25) is 0 Å². The Bertz CT molecular complexity index is 411. The molecule has 0 unspecified atom stereocenters. The minimum absolute atomic E-state index is 0.213. The van der Waals surface area contributed by atoms with E-state index in [1.165, 1.54) is 5.56 Å². The molecule has 0 bridgehead atoms. The van der Waals surface area contributed by atoms with Crippen molar-refractivity contribution in [3.8, 4) is 5.75 Å². The monoisotopic (exact) mass is 276 g/mol. The summed E-state index contributed by atoms with van der Waals surface area (Å²) >= 11 is 0. The number of nitrogens with zero attached hydrogens (tertiary/aromatic N) is 1. The standard InChI is InChI=1S/C16H24N2O2/c1-2-11-20-15-7-5-14(6-8-15)12-17-13-16(19)18-9-3-4-10-18/h5-8,17H,2-4,9-13H2,1H3. The SMILES string of the molecule is CCCOc1ccc(CNCC(=O)N2CCCC2)cc1. The molecule has 0 radical (unpaired) electrons. The first-order chi connectivity index (χ1) is 9.79. The maximum Gasteiger partial charge on any atom is 0.236 e. The molecule has 0 aliphatic carbocycles. The van der Waals surface area contributed by atoms with Gasteiger partial charge >= 0.3 is 0 Å². The summed E-state index contributed by atoms with van der Waals surface area (Å²) in [6, 6.07) is 8.04. The first-order valence-corrected chi connectivity index (χ1v) is 7.50. The van der Waals surface area contributed by atoms with E-state index < -0.39 is 0 Å². The molecule has 0 aromatic heterocycles. The number of hydrogen-bond donors (Lipinski definition) is 1. The van der Waals surface area contributed by atoms with E-state index in [9.17, 15) is 4.79 Å². The van der Waals surface area contributed by atoms with Crippen molar-refractivity contribution in [3.05, 3.63) is 29.8 Å². The summed E-state index contributed by atoms with van der Waals surface area (Å²) < 4.78 is 5.54. The second-order valence-corrected chi connectivity index (χ2v) is 5.18. The highest BCUT2D eigenvalue weighted by molar-refractivity contribution is 5.78. The van der Waals surface area contributed by atoms with Crippen molar-refractivity contribution in [2.45, 2.75) is 32.7 Å². The molecule has 1 aliphatic rings. The summed E-state index contributed by atoms with van der Waals surface area (Å²) in [5, 5.41) is 3.21. The highest BCUT2D eigenvalue weighted by Gasteiger charge is 2.16. The van der Waals surface area contributed by atoms with E-state index in [1.54, 1.807) is 0 Å². The van der Waals surface area contributed by atoms with Crippen LogP contribution in [0.25, 0.3) is 0 Å². The molecule has 1 heterocycles. The van der Waals surface area contributed by atoms with Crippen molar-refractivity contribution >= 4 is 5.91 Å². The molecule has 2 rings (SSSR count). The zero-order valence-corrected chi connectivity index (χ0v) is 12.2. The lowest BCUT2D eigenvalue weighted by Crippen LogP contribution is -2.35. The van der Waals surface area contributed by atoms with Gasteiger partial charge in [-0.25, -0.2) is 0 Å². The quantitative estimate of drug-likeness (QED) is 0.830. The molecular formula is C16H24N2O2. The first-order valence-electron chi connectivity index (χ1n) is 7.50. The molecule has 0 spiro atoms. The maximum absolute atomic E-state index is 11.9. The number of hydrogen-bond acceptors (Lipinski definition) is 3. The Morgan fingerprint density at radius 3 is 2.60 bits per heavy atom. The van der Waals surface area contributed by atoms with Gasteiger partial charge < -0.3 is 15.0 Å². The van der Waals surface area contributed by atoms with E-state index in [-0.39, 0.29) is 5.91 Å². The second-order valence-electron chi connectivity index (χ2n) is 5.18. The van der Waals surface area contributed by atoms with Gasteiger partial charge in [0, 0.05) is 19.6 Å². The third-order valence-corrected chi connectivity index (χ3v) is 3.46. The molecule has 1 aromatic carbocycles. The highest BCUT2D eigenvalue weighted by Crippen LogP contribution is 2.12. The van der Waals surface area contributed by atoms with Crippen molar-refractivity contribution in [1.29, 1.82) is 0 Å². The lowest BCUT2D eigenvalue weighted by Gasteiger charge is -2.15. The van der Waals surface area contributed by atoms with Gasteiger partial charge in [0.2, 0.25) is 5.91 Å². The molecule has 1 aliphatic heterocycles. The molecule has 1 fully saturated rings. The lowest BCUT2D eigenvalue weighted by molar-refractivity contribution is -0.129. The fourth-order valence-electron chi connectivity index (χ4n) is 2.32. The number of carbonyl (C=O) groups excluding carboxylic acids is 1. The molecule has 20 heavy (non-hydrogen) atoms. The van der Waals surface area contributed by atoms with E-state index in [1.807, 2.05) is 29.2 Å². The number of amides is 1. The van der Waals surface area contributed by atoms with Crippen LogP contribution in [0.3, 0.4) is 0 Å². The zero-order valence-electron chi connectivity index (χ0n) is 12.2. The van der Waals surface area contributed by atoms with Gasteiger partial charge in [0.15, 0.2) is 0 Å². The predicted octanol–water partition coefficient (Wildman–Crippen LogP) is 2.19. The van der Waals surface area contributed by atoms with Crippen LogP contribution in [0.4, 0.5) is 0 Å². The molecular weight excluding hydrogens is 252 g/mol. The largest absolute Gasteiger partial charge is 0.494 e. The van der Waals surface area contributed by atoms with Gasteiger partial charge in [0.05, 0.1) is 13.2 Å². The average Bonchev–Trinajstić information content (AvgIpc) is 3.00. The zero-order chi connectivity index (χ0) is 14.2. The summed E-state index contributed by atoms with van der Waals surface area (Å²) in [5.41, 5.74) is 1.17. The average molecular weight is 276 g/mol. The van der Waals surface area contributed by atoms with E-state index in [4.69, 9.17) is 4.74 Å². The van der Waals surface area contributed by atoms with E-state index >= 15 is 0 Å². The normalized spacial score (nSPS) is 14.6. The number of benzene rings is 1. The highest BCUT2D eigenvalue weighted by atomic mass is 16.5. The Morgan fingerprint density at radius 1 is 1.25 bits per heavy atom. The summed E-state index contributed by atoms with van der Waals surface area (Å²) in [7, 11) is 0. The van der Waals surface area contributed by atoms with Gasteiger partial charge in [-0.2, -0.15) is 0 Å². The smallest absolute Gasteiger partial charge is 0.236 e. The van der Waals surface area contributed by atoms with Crippen molar-refractivity contribution in [2.24, 2.45) is 0 Å².